The molecule has 0 aromatic heterocycles. The van der Waals surface area contributed by atoms with E-state index in [1.807, 2.05) is 6.92 Å². The van der Waals surface area contributed by atoms with E-state index in [1.165, 1.54) is 12.1 Å². The third kappa shape index (κ3) is 3.73. The van der Waals surface area contributed by atoms with Gasteiger partial charge in [-0.05, 0) is 26.0 Å². The van der Waals surface area contributed by atoms with Crippen molar-refractivity contribution >= 4 is 5.91 Å². The number of carbonyl (C=O) groups is 1. The zero-order valence-electron chi connectivity index (χ0n) is 12.9. The number of hydrogen-bond acceptors (Lipinski definition) is 3. The summed E-state index contributed by atoms with van der Waals surface area (Å²) >= 11 is 0. The molecule has 1 fully saturated rings. The number of ether oxygens (including phenoxy) is 1. The van der Waals surface area contributed by atoms with Crippen molar-refractivity contribution in [3.8, 4) is 5.75 Å². The first-order chi connectivity index (χ1) is 10.0. The van der Waals surface area contributed by atoms with Gasteiger partial charge in [0, 0.05) is 37.7 Å². The van der Waals surface area contributed by atoms with Crippen molar-refractivity contribution in [3.63, 3.8) is 0 Å². The molecule has 2 atom stereocenters. The van der Waals surface area contributed by atoms with Gasteiger partial charge in [-0.15, -0.1) is 0 Å². The Morgan fingerprint density at radius 1 is 1.52 bits per heavy atom. The highest BCUT2D eigenvalue weighted by atomic mass is 19.1. The Morgan fingerprint density at radius 2 is 2.29 bits per heavy atom. The number of halogens is 1. The monoisotopic (exact) mass is 294 g/mol. The number of carbonyl (C=O) groups excluding carboxylic acids is 1. The summed E-state index contributed by atoms with van der Waals surface area (Å²) in [6.07, 6.45) is 1.16. The van der Waals surface area contributed by atoms with Crippen molar-refractivity contribution in [2.75, 3.05) is 20.1 Å². The minimum absolute atomic E-state index is 0.0422. The van der Waals surface area contributed by atoms with Gasteiger partial charge in [0.15, 0.2) is 6.10 Å². The lowest BCUT2D eigenvalue weighted by Crippen LogP contribution is -2.30. The van der Waals surface area contributed by atoms with E-state index < -0.39 is 6.10 Å². The molecule has 4 nitrogen and oxygen atoms in total. The van der Waals surface area contributed by atoms with Crippen molar-refractivity contribution in [1.29, 1.82) is 0 Å². The largest absolute Gasteiger partial charge is 0.480 e. The molecule has 1 aliphatic heterocycles. The molecule has 0 aliphatic carbocycles. The van der Waals surface area contributed by atoms with Gasteiger partial charge < -0.3 is 15.0 Å². The number of amides is 1. The summed E-state index contributed by atoms with van der Waals surface area (Å²) in [5.41, 5.74) is 0.882. The Hall–Kier alpha value is -1.62. The maximum absolute atomic E-state index is 13.5. The second kappa shape index (κ2) is 6.89. The van der Waals surface area contributed by atoms with Gasteiger partial charge >= 0.3 is 0 Å². The Kier molecular flexibility index (Phi) is 5.17. The quantitative estimate of drug-likeness (QED) is 0.876. The fourth-order valence-corrected chi connectivity index (χ4v) is 2.49. The van der Waals surface area contributed by atoms with Crippen LogP contribution in [0.5, 0.6) is 5.75 Å². The topological polar surface area (TPSA) is 41.6 Å². The molecule has 0 saturated carbocycles. The number of hydrogen-bond donors (Lipinski definition) is 1. The number of benzene rings is 1. The van der Waals surface area contributed by atoms with E-state index in [4.69, 9.17) is 4.74 Å². The Labute approximate surface area is 125 Å². The van der Waals surface area contributed by atoms with Gasteiger partial charge in [-0.2, -0.15) is 0 Å². The molecule has 21 heavy (non-hydrogen) atoms. The number of likely N-dealkylation sites (N-methyl/N-ethyl adjacent to an activating group) is 1. The first-order valence-corrected chi connectivity index (χ1v) is 7.47. The van der Waals surface area contributed by atoms with Gasteiger partial charge in [0.05, 0.1) is 0 Å². The fourth-order valence-electron chi connectivity index (χ4n) is 2.49. The molecule has 1 saturated heterocycles. The van der Waals surface area contributed by atoms with Crippen molar-refractivity contribution in [2.45, 2.75) is 38.8 Å². The van der Waals surface area contributed by atoms with Crippen LogP contribution in [0.4, 0.5) is 4.39 Å². The van der Waals surface area contributed by atoms with E-state index in [-0.39, 0.29) is 17.8 Å². The van der Waals surface area contributed by atoms with E-state index in [9.17, 15) is 9.18 Å². The van der Waals surface area contributed by atoms with E-state index in [0.717, 1.165) is 18.5 Å². The second-order valence-corrected chi connectivity index (χ2v) is 5.51. The van der Waals surface area contributed by atoms with Gasteiger partial charge in [-0.1, -0.05) is 13.0 Å². The van der Waals surface area contributed by atoms with Crippen LogP contribution < -0.4 is 10.1 Å². The van der Waals surface area contributed by atoms with Gasteiger partial charge in [-0.25, -0.2) is 4.39 Å². The zero-order valence-corrected chi connectivity index (χ0v) is 12.9. The average molecular weight is 294 g/mol. The van der Waals surface area contributed by atoms with Crippen molar-refractivity contribution in [1.82, 2.24) is 10.2 Å². The van der Waals surface area contributed by atoms with Crippen LogP contribution in [0.1, 0.15) is 38.3 Å². The normalized spacial score (nSPS) is 19.9. The van der Waals surface area contributed by atoms with Gasteiger partial charge in [0.2, 0.25) is 0 Å². The highest BCUT2D eigenvalue weighted by molar-refractivity contribution is 5.83. The lowest BCUT2D eigenvalue weighted by atomic mass is 10.1. The molecule has 1 aromatic rings. The predicted octanol–water partition coefficient (Wildman–Crippen LogP) is 2.50. The van der Waals surface area contributed by atoms with E-state index in [2.05, 4.69) is 12.2 Å². The molecule has 5 heteroatoms. The third-order valence-corrected chi connectivity index (χ3v) is 3.79. The summed E-state index contributed by atoms with van der Waals surface area (Å²) in [5.74, 6) is 0.0642. The average Bonchev–Trinajstić information content (AvgIpc) is 2.77. The molecular formula is C16H23FN2O2. The number of likely N-dealkylation sites (tertiary alicyclic amines) is 1. The molecular weight excluding hydrogens is 271 g/mol. The molecule has 2 rings (SSSR count). The highest BCUT2D eigenvalue weighted by Crippen LogP contribution is 2.28. The Morgan fingerprint density at radius 3 is 2.90 bits per heavy atom. The molecule has 1 heterocycles. The molecule has 1 aromatic carbocycles. The summed E-state index contributed by atoms with van der Waals surface area (Å²) in [5, 5.41) is 3.36. The summed E-state index contributed by atoms with van der Waals surface area (Å²) in [4.78, 5) is 13.6. The molecule has 1 aliphatic rings. The van der Waals surface area contributed by atoms with E-state index in [1.54, 1.807) is 18.0 Å². The maximum atomic E-state index is 13.5. The molecule has 2 unspecified atom stereocenters. The molecule has 0 spiro atoms. The smallest absolute Gasteiger partial charge is 0.263 e. The standard InChI is InChI=1S/C16H23FN2O2/c1-4-8-18-11(2)13-6-5-12(17)10-15(13)21-14-7-9-19(3)16(14)20/h5-6,10-11,14,18H,4,7-9H2,1-3H3. The summed E-state index contributed by atoms with van der Waals surface area (Å²) in [6.45, 7) is 5.66. The first kappa shape index (κ1) is 15.8. The molecule has 0 radical (unpaired) electrons. The van der Waals surface area contributed by atoms with Gasteiger partial charge in [0.1, 0.15) is 11.6 Å². The van der Waals surface area contributed by atoms with Crippen LogP contribution in [-0.2, 0) is 4.79 Å². The van der Waals surface area contributed by atoms with E-state index >= 15 is 0 Å². The number of rotatable bonds is 6. The van der Waals surface area contributed by atoms with Gasteiger partial charge in [-0.3, -0.25) is 4.79 Å². The van der Waals surface area contributed by atoms with Crippen LogP contribution in [0.15, 0.2) is 18.2 Å². The second-order valence-electron chi connectivity index (χ2n) is 5.51. The summed E-state index contributed by atoms with van der Waals surface area (Å²) < 4.78 is 19.3. The Bertz CT molecular complexity index is 507. The van der Waals surface area contributed by atoms with Crippen LogP contribution in [0.25, 0.3) is 0 Å². The fraction of sp³-hybridized carbons (Fsp3) is 0.562. The summed E-state index contributed by atoms with van der Waals surface area (Å²) in [6, 6.07) is 4.57. The third-order valence-electron chi connectivity index (χ3n) is 3.79. The van der Waals surface area contributed by atoms with Crippen LogP contribution in [-0.4, -0.2) is 37.0 Å². The van der Waals surface area contributed by atoms with E-state index in [0.29, 0.717) is 18.7 Å². The molecule has 1 amide bonds. The SMILES string of the molecule is CCCNC(C)c1ccc(F)cc1OC1CCN(C)C1=O. The lowest BCUT2D eigenvalue weighted by Gasteiger charge is -2.20. The van der Waals surface area contributed by atoms with Gasteiger partial charge in [0.25, 0.3) is 5.91 Å². The number of nitrogens with one attached hydrogen (secondary N) is 1. The maximum Gasteiger partial charge on any atom is 0.263 e. The van der Waals surface area contributed by atoms with Crippen LogP contribution in [0.2, 0.25) is 0 Å². The summed E-state index contributed by atoms with van der Waals surface area (Å²) in [7, 11) is 1.75. The lowest BCUT2D eigenvalue weighted by molar-refractivity contribution is -0.132. The predicted molar refractivity (Wildman–Crippen MR) is 79.8 cm³/mol. The molecule has 0 bridgehead atoms. The number of nitrogens with zero attached hydrogens (tertiary/aromatic N) is 1. The highest BCUT2D eigenvalue weighted by Gasteiger charge is 2.31. The molecule has 116 valence electrons. The van der Waals surface area contributed by atoms with Crippen molar-refractivity contribution in [3.05, 3.63) is 29.6 Å². The molecule has 1 N–H and O–H groups in total. The minimum atomic E-state index is -0.506. The van der Waals surface area contributed by atoms with Crippen molar-refractivity contribution < 1.29 is 13.9 Å². The zero-order chi connectivity index (χ0) is 15.4. The van der Waals surface area contributed by atoms with Crippen LogP contribution in [0.3, 0.4) is 0 Å². The van der Waals surface area contributed by atoms with Crippen LogP contribution >= 0.6 is 0 Å². The first-order valence-electron chi connectivity index (χ1n) is 7.47. The van der Waals surface area contributed by atoms with Crippen molar-refractivity contribution in [2.24, 2.45) is 0 Å². The van der Waals surface area contributed by atoms with Crippen LogP contribution in [0, 0.1) is 5.82 Å². The Balaban J connectivity index is 2.17. The minimum Gasteiger partial charge on any atom is -0.480 e.